The standard InChI is InChI=1S/C20H36O14/c21-1-3-27-5-7-29-9-11-31-13-15-33-17(19(23)24)18(20(25)26)34-16-14-32-12-10-30-8-6-28-4-2-22/h21-22H,1-16H2,(H,23,24)(H,25,26)/b18-17-. The highest BCUT2D eigenvalue weighted by Crippen LogP contribution is 2.10. The van der Waals surface area contributed by atoms with Crippen LogP contribution in [0.4, 0.5) is 0 Å². The molecule has 0 bridgehead atoms. The van der Waals surface area contributed by atoms with Crippen LogP contribution < -0.4 is 0 Å². The van der Waals surface area contributed by atoms with Crippen molar-refractivity contribution in [3.63, 3.8) is 0 Å². The Kier molecular flexibility index (Phi) is 22.7. The maximum absolute atomic E-state index is 11.4. The van der Waals surface area contributed by atoms with E-state index in [0.29, 0.717) is 26.4 Å². The van der Waals surface area contributed by atoms with E-state index in [1.165, 1.54) is 0 Å². The summed E-state index contributed by atoms with van der Waals surface area (Å²) in [5, 5.41) is 35.6. The number of carboxylic acid groups (broad SMARTS) is 2. The van der Waals surface area contributed by atoms with Gasteiger partial charge >= 0.3 is 11.9 Å². The van der Waals surface area contributed by atoms with Gasteiger partial charge in [0.05, 0.1) is 92.5 Å². The number of aliphatic hydroxyl groups excluding tert-OH is 2. The third kappa shape index (κ3) is 19.4. The van der Waals surface area contributed by atoms with E-state index < -0.39 is 23.5 Å². The van der Waals surface area contributed by atoms with Crippen molar-refractivity contribution >= 4 is 11.9 Å². The van der Waals surface area contributed by atoms with Gasteiger partial charge < -0.3 is 58.3 Å². The quantitative estimate of drug-likeness (QED) is 0.0609. The van der Waals surface area contributed by atoms with E-state index in [-0.39, 0.29) is 79.3 Å². The molecule has 0 fully saturated rings. The Hall–Kier alpha value is -2.04. The number of aliphatic hydroxyl groups is 2. The monoisotopic (exact) mass is 500 g/mol. The smallest absolute Gasteiger partial charge is 0.375 e. The van der Waals surface area contributed by atoms with Gasteiger partial charge in [-0.15, -0.1) is 0 Å². The van der Waals surface area contributed by atoms with Gasteiger partial charge in [0.1, 0.15) is 13.2 Å². The molecule has 0 aromatic rings. The van der Waals surface area contributed by atoms with Gasteiger partial charge in [-0.2, -0.15) is 0 Å². The Morgan fingerprint density at radius 1 is 0.412 bits per heavy atom. The summed E-state index contributed by atoms with van der Waals surface area (Å²) >= 11 is 0. The van der Waals surface area contributed by atoms with Crippen LogP contribution in [0.15, 0.2) is 11.5 Å². The molecule has 0 spiro atoms. The van der Waals surface area contributed by atoms with Crippen molar-refractivity contribution in [2.45, 2.75) is 0 Å². The Morgan fingerprint density at radius 3 is 0.882 bits per heavy atom. The van der Waals surface area contributed by atoms with E-state index in [1.54, 1.807) is 0 Å². The molecule has 4 N–H and O–H groups in total. The minimum absolute atomic E-state index is 0.00219. The molecule has 0 atom stereocenters. The zero-order chi connectivity index (χ0) is 25.3. The molecule has 0 saturated heterocycles. The lowest BCUT2D eigenvalue weighted by Gasteiger charge is -2.12. The highest BCUT2D eigenvalue weighted by Gasteiger charge is 2.24. The van der Waals surface area contributed by atoms with Crippen molar-refractivity contribution in [1.29, 1.82) is 0 Å². The van der Waals surface area contributed by atoms with Gasteiger partial charge in [-0.3, -0.25) is 0 Å². The molecule has 0 aliphatic carbocycles. The summed E-state index contributed by atoms with van der Waals surface area (Å²) < 4.78 is 40.9. The number of rotatable bonds is 26. The van der Waals surface area contributed by atoms with Crippen LogP contribution in [0, 0.1) is 0 Å². The summed E-state index contributed by atoms with van der Waals surface area (Å²) in [6.07, 6.45) is 0. The van der Waals surface area contributed by atoms with Gasteiger partial charge in [0.2, 0.25) is 0 Å². The van der Waals surface area contributed by atoms with Crippen LogP contribution in [0.25, 0.3) is 0 Å². The zero-order valence-electron chi connectivity index (χ0n) is 19.2. The normalized spacial score (nSPS) is 11.8. The fourth-order valence-corrected chi connectivity index (χ4v) is 2.07. The molecule has 0 aliphatic heterocycles. The van der Waals surface area contributed by atoms with Crippen molar-refractivity contribution in [3.8, 4) is 0 Å². The first-order chi connectivity index (χ1) is 16.5. The summed E-state index contributed by atoms with van der Waals surface area (Å²) in [5.74, 6) is -4.89. The first-order valence-electron chi connectivity index (χ1n) is 10.7. The van der Waals surface area contributed by atoms with E-state index in [0.717, 1.165) is 0 Å². The molecule has 0 heterocycles. The minimum Gasteiger partial charge on any atom is -0.481 e. The number of hydrogen-bond donors (Lipinski definition) is 4. The third-order valence-electron chi connectivity index (χ3n) is 3.50. The van der Waals surface area contributed by atoms with Crippen molar-refractivity contribution in [3.05, 3.63) is 11.5 Å². The lowest BCUT2D eigenvalue weighted by atomic mass is 10.4. The Bertz CT molecular complexity index is 493. The number of hydrogen-bond acceptors (Lipinski definition) is 12. The Labute approximate surface area is 197 Å². The maximum atomic E-state index is 11.4. The number of aliphatic carboxylic acids is 2. The van der Waals surface area contributed by atoms with E-state index in [1.807, 2.05) is 0 Å². The van der Waals surface area contributed by atoms with Crippen LogP contribution in [-0.4, -0.2) is 138 Å². The number of carbonyl (C=O) groups is 2. The molecule has 0 amide bonds. The minimum atomic E-state index is -1.60. The van der Waals surface area contributed by atoms with Gasteiger partial charge in [0.25, 0.3) is 11.5 Å². The van der Waals surface area contributed by atoms with Crippen molar-refractivity contribution in [2.75, 3.05) is 106 Å². The SMILES string of the molecule is O=C(O)/C(OCCOCCOCCOCCO)=C(/OCCOCCOCCOCCO)C(=O)O. The summed E-state index contributed by atoms with van der Waals surface area (Å²) in [6, 6.07) is 0. The Morgan fingerprint density at radius 2 is 0.647 bits per heavy atom. The molecule has 0 saturated carbocycles. The molecule has 200 valence electrons. The predicted octanol–water partition coefficient (Wildman–Crippen LogP) is -1.52. The van der Waals surface area contributed by atoms with Crippen molar-refractivity contribution in [2.24, 2.45) is 0 Å². The molecule has 0 aromatic carbocycles. The van der Waals surface area contributed by atoms with Crippen LogP contribution >= 0.6 is 0 Å². The van der Waals surface area contributed by atoms with Crippen LogP contribution in [0.1, 0.15) is 0 Å². The average molecular weight is 500 g/mol. The first-order valence-corrected chi connectivity index (χ1v) is 10.7. The molecule has 0 unspecified atom stereocenters. The highest BCUT2D eigenvalue weighted by atomic mass is 16.6. The highest BCUT2D eigenvalue weighted by molar-refractivity contribution is 5.95. The summed E-state index contributed by atoms with van der Waals surface area (Å²) in [7, 11) is 0. The van der Waals surface area contributed by atoms with Gasteiger partial charge in [0.15, 0.2) is 0 Å². The van der Waals surface area contributed by atoms with Crippen LogP contribution in [0.5, 0.6) is 0 Å². The second kappa shape index (κ2) is 24.1. The largest absolute Gasteiger partial charge is 0.481 e. The zero-order valence-corrected chi connectivity index (χ0v) is 19.2. The molecule has 0 aromatic heterocycles. The average Bonchev–Trinajstić information content (AvgIpc) is 2.81. The fraction of sp³-hybridized carbons (Fsp3) is 0.800. The van der Waals surface area contributed by atoms with E-state index in [4.69, 9.17) is 48.1 Å². The van der Waals surface area contributed by atoms with E-state index >= 15 is 0 Å². The molecule has 14 nitrogen and oxygen atoms in total. The fourth-order valence-electron chi connectivity index (χ4n) is 2.07. The van der Waals surface area contributed by atoms with Gasteiger partial charge in [0, 0.05) is 0 Å². The molecular weight excluding hydrogens is 464 g/mol. The van der Waals surface area contributed by atoms with Crippen LogP contribution in [0.2, 0.25) is 0 Å². The molecule has 0 radical (unpaired) electrons. The van der Waals surface area contributed by atoms with Crippen LogP contribution in [0.3, 0.4) is 0 Å². The van der Waals surface area contributed by atoms with Crippen molar-refractivity contribution in [1.82, 2.24) is 0 Å². The van der Waals surface area contributed by atoms with Gasteiger partial charge in [-0.25, -0.2) is 9.59 Å². The first kappa shape index (κ1) is 32.0. The third-order valence-corrected chi connectivity index (χ3v) is 3.50. The number of ether oxygens (including phenoxy) is 8. The summed E-state index contributed by atoms with van der Waals surface area (Å²) in [4.78, 5) is 22.7. The maximum Gasteiger partial charge on any atom is 0.375 e. The lowest BCUT2D eigenvalue weighted by molar-refractivity contribution is -0.143. The second-order valence-electron chi connectivity index (χ2n) is 6.09. The molecule has 34 heavy (non-hydrogen) atoms. The predicted molar refractivity (Wildman–Crippen MR) is 113 cm³/mol. The second-order valence-corrected chi connectivity index (χ2v) is 6.09. The summed E-state index contributed by atoms with van der Waals surface area (Å²) in [5.41, 5.74) is 0. The molecule has 0 aliphatic rings. The van der Waals surface area contributed by atoms with Crippen LogP contribution in [-0.2, 0) is 47.5 Å². The topological polar surface area (TPSA) is 189 Å². The summed E-state index contributed by atoms with van der Waals surface area (Å²) in [6.45, 7) is 2.28. The molecular formula is C20H36O14. The van der Waals surface area contributed by atoms with E-state index in [9.17, 15) is 19.8 Å². The molecule has 14 heteroatoms. The molecule has 0 rings (SSSR count). The Balaban J connectivity index is 4.05. The lowest BCUT2D eigenvalue weighted by Crippen LogP contribution is -2.20. The van der Waals surface area contributed by atoms with Gasteiger partial charge in [-0.1, -0.05) is 0 Å². The van der Waals surface area contributed by atoms with Gasteiger partial charge in [-0.05, 0) is 0 Å². The van der Waals surface area contributed by atoms with Crippen molar-refractivity contribution < 1.29 is 67.9 Å². The van der Waals surface area contributed by atoms with E-state index in [2.05, 4.69) is 0 Å². The number of carboxylic acids is 2.